The number of aromatic nitrogens is 4. The number of hydrogen-bond donors (Lipinski definition) is 0. The molecule has 2 aromatic heterocycles. The molecule has 2 heterocycles. The molecule has 4 heteroatoms. The van der Waals surface area contributed by atoms with Crippen LogP contribution in [-0.2, 0) is 5.41 Å². The van der Waals surface area contributed by atoms with Gasteiger partial charge in [0.05, 0.1) is 28.2 Å². The Morgan fingerprint density at radius 1 is 0.205 bits per heavy atom. The highest BCUT2D eigenvalue weighted by molar-refractivity contribution is 6.03. The molecule has 0 atom stereocenters. The minimum Gasteiger partial charge on any atom is -0.228 e. The third-order valence-corrected chi connectivity index (χ3v) is 14.7. The first kappa shape index (κ1) is 42.3. The van der Waals surface area contributed by atoms with Gasteiger partial charge in [-0.15, -0.1) is 0 Å². The van der Waals surface area contributed by atoms with Gasteiger partial charge in [0.1, 0.15) is 0 Å². The summed E-state index contributed by atoms with van der Waals surface area (Å²) in [7, 11) is 0. The van der Waals surface area contributed by atoms with E-state index in [2.05, 4.69) is 218 Å². The predicted octanol–water partition coefficient (Wildman–Crippen LogP) is 16.9. The molecule has 340 valence electrons. The van der Waals surface area contributed by atoms with Gasteiger partial charge in [-0.3, -0.25) is 0 Å². The topological polar surface area (TPSA) is 51.6 Å². The van der Waals surface area contributed by atoms with Crippen molar-refractivity contribution in [2.24, 2.45) is 0 Å². The van der Waals surface area contributed by atoms with Gasteiger partial charge in [-0.2, -0.15) is 0 Å². The molecule has 0 aliphatic heterocycles. The van der Waals surface area contributed by atoms with Crippen molar-refractivity contribution < 1.29 is 0 Å². The highest BCUT2D eigenvalue weighted by Gasteiger charge is 2.52. The van der Waals surface area contributed by atoms with Crippen molar-refractivity contribution >= 4 is 0 Å². The molecule has 0 bridgehead atoms. The largest absolute Gasteiger partial charge is 0.228 e. The second-order valence-corrected chi connectivity index (χ2v) is 18.8. The summed E-state index contributed by atoms with van der Waals surface area (Å²) in [6.07, 6.45) is 0. The summed E-state index contributed by atoms with van der Waals surface area (Å²) in [5, 5.41) is 0. The molecule has 0 N–H and O–H groups in total. The van der Waals surface area contributed by atoms with E-state index in [1.165, 1.54) is 55.6 Å². The maximum atomic E-state index is 5.22. The van der Waals surface area contributed by atoms with E-state index in [0.717, 1.165) is 67.3 Å². The van der Waals surface area contributed by atoms with E-state index < -0.39 is 5.41 Å². The van der Waals surface area contributed by atoms with Crippen LogP contribution in [0.3, 0.4) is 0 Å². The van der Waals surface area contributed by atoms with Crippen molar-refractivity contribution in [1.82, 2.24) is 19.9 Å². The summed E-state index contributed by atoms with van der Waals surface area (Å²) in [6, 6.07) is 95.3. The predicted molar refractivity (Wildman–Crippen MR) is 297 cm³/mol. The monoisotopic (exact) mass is 928 g/mol. The van der Waals surface area contributed by atoms with Gasteiger partial charge >= 0.3 is 0 Å². The molecule has 0 radical (unpaired) electrons. The molecule has 0 fully saturated rings. The highest BCUT2D eigenvalue weighted by Crippen LogP contribution is 2.65. The SMILES string of the molecule is c1ccc(-c2cc(-c3cccc(-c4cccc5c4-c4ccccc4C54c5ccccc5-c5c(-c6cccc(-c7cc(-c8ccccc8)nc(-c8ccccc8)n7)c6)cccc54)c3)nc(-c3ccccc3)n2)cc1. The lowest BCUT2D eigenvalue weighted by Gasteiger charge is -2.30. The fourth-order valence-electron chi connectivity index (χ4n) is 11.5. The fourth-order valence-corrected chi connectivity index (χ4v) is 11.5. The third-order valence-electron chi connectivity index (χ3n) is 14.7. The van der Waals surface area contributed by atoms with Crippen LogP contribution in [0.15, 0.2) is 267 Å². The average molecular weight is 929 g/mol. The van der Waals surface area contributed by atoms with Crippen LogP contribution >= 0.6 is 0 Å². The number of fused-ring (bicyclic) bond motifs is 10. The lowest BCUT2D eigenvalue weighted by Crippen LogP contribution is -2.25. The summed E-state index contributed by atoms with van der Waals surface area (Å²) < 4.78 is 0. The van der Waals surface area contributed by atoms with Gasteiger partial charge < -0.3 is 0 Å². The van der Waals surface area contributed by atoms with Gasteiger partial charge in [0.25, 0.3) is 0 Å². The number of rotatable bonds is 8. The lowest BCUT2D eigenvalue weighted by atomic mass is 9.70. The van der Waals surface area contributed by atoms with Crippen molar-refractivity contribution in [1.29, 1.82) is 0 Å². The molecule has 73 heavy (non-hydrogen) atoms. The smallest absolute Gasteiger partial charge is 0.160 e. The van der Waals surface area contributed by atoms with Crippen LogP contribution in [0.25, 0.3) is 112 Å². The molecular weight excluding hydrogens is 885 g/mol. The zero-order valence-electron chi connectivity index (χ0n) is 39.7. The van der Waals surface area contributed by atoms with E-state index >= 15 is 0 Å². The van der Waals surface area contributed by atoms with Gasteiger partial charge in [0.15, 0.2) is 11.6 Å². The van der Waals surface area contributed by atoms with Gasteiger partial charge in [-0.25, -0.2) is 19.9 Å². The quantitative estimate of drug-likeness (QED) is 0.152. The summed E-state index contributed by atoms with van der Waals surface area (Å²) in [4.78, 5) is 20.6. The molecule has 12 aromatic rings. The fraction of sp³-hybridized carbons (Fsp3) is 0.0145. The first-order valence-electron chi connectivity index (χ1n) is 24.9. The van der Waals surface area contributed by atoms with E-state index in [1.807, 2.05) is 48.5 Å². The second-order valence-electron chi connectivity index (χ2n) is 18.8. The highest BCUT2D eigenvalue weighted by atomic mass is 14.9. The first-order valence-corrected chi connectivity index (χ1v) is 24.9. The zero-order valence-corrected chi connectivity index (χ0v) is 39.7. The Morgan fingerprint density at radius 2 is 0.493 bits per heavy atom. The number of benzene rings is 10. The second kappa shape index (κ2) is 17.3. The maximum Gasteiger partial charge on any atom is 0.160 e. The van der Waals surface area contributed by atoms with Gasteiger partial charge in [0.2, 0.25) is 0 Å². The Balaban J connectivity index is 0.922. The van der Waals surface area contributed by atoms with Crippen molar-refractivity contribution in [3.63, 3.8) is 0 Å². The summed E-state index contributed by atoms with van der Waals surface area (Å²) in [6.45, 7) is 0. The Labute approximate surface area is 424 Å². The number of hydrogen-bond acceptors (Lipinski definition) is 4. The standard InChI is InChI=1S/C69H44N4/c1-5-21-45(22-6-1)61-43-63(72-67(70-61)47-25-9-3-10-26-47)51-31-17-29-49(41-51)53-35-19-39-59-65(53)55-33-13-15-37-57(55)69(59)58-38-16-14-34-56(58)66-54(36-20-40-60(66)69)50-30-18-32-52(42-50)64-44-62(46-23-7-2-8-24-46)71-68(73-64)48-27-11-4-12-28-48/h1-44H. The van der Waals surface area contributed by atoms with E-state index in [9.17, 15) is 0 Å². The van der Waals surface area contributed by atoms with Crippen molar-refractivity contribution in [3.05, 3.63) is 289 Å². The van der Waals surface area contributed by atoms with E-state index in [0.29, 0.717) is 11.6 Å². The molecule has 0 saturated heterocycles. The van der Waals surface area contributed by atoms with Crippen molar-refractivity contribution in [2.45, 2.75) is 5.41 Å². The molecular formula is C69H44N4. The molecule has 1 spiro atoms. The molecule has 14 rings (SSSR count). The van der Waals surface area contributed by atoms with Crippen molar-refractivity contribution in [3.8, 4) is 112 Å². The van der Waals surface area contributed by atoms with E-state index in [1.54, 1.807) is 0 Å². The Bertz CT molecular complexity index is 3690. The van der Waals surface area contributed by atoms with Crippen LogP contribution in [0.4, 0.5) is 0 Å². The number of nitrogens with zero attached hydrogens (tertiary/aromatic N) is 4. The molecule has 4 nitrogen and oxygen atoms in total. The first-order chi connectivity index (χ1) is 36.2. The van der Waals surface area contributed by atoms with Gasteiger partial charge in [-0.1, -0.05) is 243 Å². The molecule has 10 aromatic carbocycles. The molecule has 0 saturated carbocycles. The van der Waals surface area contributed by atoms with Gasteiger partial charge in [0, 0.05) is 33.4 Å². The summed E-state index contributed by atoms with van der Waals surface area (Å²) in [5.41, 5.74) is 23.9. The third kappa shape index (κ3) is 6.98. The van der Waals surface area contributed by atoms with Crippen LogP contribution in [0.1, 0.15) is 22.3 Å². The van der Waals surface area contributed by atoms with Crippen molar-refractivity contribution in [2.75, 3.05) is 0 Å². The van der Waals surface area contributed by atoms with Crippen LogP contribution in [0.2, 0.25) is 0 Å². The minimum atomic E-state index is -0.553. The Kier molecular flexibility index (Phi) is 10.0. The minimum absolute atomic E-state index is 0.553. The average Bonchev–Trinajstić information content (AvgIpc) is 3.96. The lowest BCUT2D eigenvalue weighted by molar-refractivity contribution is 0.794. The zero-order chi connectivity index (χ0) is 48.3. The van der Waals surface area contributed by atoms with Crippen LogP contribution < -0.4 is 0 Å². The van der Waals surface area contributed by atoms with Crippen LogP contribution in [-0.4, -0.2) is 19.9 Å². The normalized spacial score (nSPS) is 12.5. The van der Waals surface area contributed by atoms with E-state index in [-0.39, 0.29) is 0 Å². The Morgan fingerprint density at radius 3 is 0.904 bits per heavy atom. The summed E-state index contributed by atoms with van der Waals surface area (Å²) in [5.74, 6) is 1.40. The maximum absolute atomic E-state index is 5.22. The Hall–Kier alpha value is -9.64. The molecule has 2 aliphatic carbocycles. The van der Waals surface area contributed by atoms with Gasteiger partial charge in [-0.05, 0) is 91.0 Å². The van der Waals surface area contributed by atoms with Crippen LogP contribution in [0.5, 0.6) is 0 Å². The van der Waals surface area contributed by atoms with E-state index in [4.69, 9.17) is 19.9 Å². The molecule has 0 unspecified atom stereocenters. The molecule has 2 aliphatic rings. The summed E-state index contributed by atoms with van der Waals surface area (Å²) >= 11 is 0. The van der Waals surface area contributed by atoms with Crippen LogP contribution in [0, 0.1) is 0 Å². The molecule has 0 amide bonds.